The first-order chi connectivity index (χ1) is 9.43. The predicted molar refractivity (Wildman–Crippen MR) is 82.7 cm³/mol. The van der Waals surface area contributed by atoms with E-state index in [2.05, 4.69) is 0 Å². The maximum atomic E-state index is 12.7. The van der Waals surface area contributed by atoms with Crippen LogP contribution in [0.1, 0.15) is 32.1 Å². The smallest absolute Gasteiger partial charge is 0.246 e. The third-order valence-corrected chi connectivity index (χ3v) is 6.25. The number of hydrogen-bond acceptors (Lipinski definition) is 3. The van der Waals surface area contributed by atoms with Crippen molar-refractivity contribution in [3.63, 3.8) is 0 Å². The summed E-state index contributed by atoms with van der Waals surface area (Å²) >= 11 is 12.1. The third kappa shape index (κ3) is 3.39. The van der Waals surface area contributed by atoms with E-state index in [0.29, 0.717) is 18.8 Å². The first-order valence-electron chi connectivity index (χ1n) is 6.67. The lowest BCUT2D eigenvalue weighted by molar-refractivity contribution is 0.364. The summed E-state index contributed by atoms with van der Waals surface area (Å²) in [5.41, 5.74) is 5.97. The molecule has 7 heteroatoms. The van der Waals surface area contributed by atoms with Crippen LogP contribution >= 0.6 is 23.2 Å². The lowest BCUT2D eigenvalue weighted by Crippen LogP contribution is -2.34. The standard InChI is InChI=1S/C13H18Cl2N2O2S/c14-11-8-10(16)9-12(15)13(11)20(18,19)17-6-4-2-1-3-5-7-17/h8-9H,1-7,16H2. The van der Waals surface area contributed by atoms with Crippen LogP contribution in [0.5, 0.6) is 0 Å². The first kappa shape index (κ1) is 15.9. The van der Waals surface area contributed by atoms with Gasteiger partial charge in [-0.3, -0.25) is 0 Å². The molecule has 0 saturated carbocycles. The first-order valence-corrected chi connectivity index (χ1v) is 8.87. The summed E-state index contributed by atoms with van der Waals surface area (Å²) in [6.45, 7) is 1.03. The summed E-state index contributed by atoms with van der Waals surface area (Å²) in [5.74, 6) is 0. The highest BCUT2D eigenvalue weighted by atomic mass is 35.5. The van der Waals surface area contributed by atoms with Gasteiger partial charge in [0.15, 0.2) is 0 Å². The van der Waals surface area contributed by atoms with Crippen LogP contribution in [-0.4, -0.2) is 25.8 Å². The molecule has 4 nitrogen and oxygen atoms in total. The van der Waals surface area contributed by atoms with Gasteiger partial charge in [-0.2, -0.15) is 4.31 Å². The molecule has 0 amide bonds. The van der Waals surface area contributed by atoms with Crippen molar-refractivity contribution in [3.8, 4) is 0 Å². The van der Waals surface area contributed by atoms with Gasteiger partial charge in [-0.1, -0.05) is 42.5 Å². The Kier molecular flexibility index (Phi) is 5.18. The molecule has 1 aromatic carbocycles. The van der Waals surface area contributed by atoms with Gasteiger partial charge >= 0.3 is 0 Å². The summed E-state index contributed by atoms with van der Waals surface area (Å²) in [7, 11) is -3.67. The van der Waals surface area contributed by atoms with Crippen molar-refractivity contribution in [2.75, 3.05) is 18.8 Å². The molecule has 0 radical (unpaired) electrons. The van der Waals surface area contributed by atoms with Crippen molar-refractivity contribution in [3.05, 3.63) is 22.2 Å². The van der Waals surface area contributed by atoms with E-state index in [9.17, 15) is 8.42 Å². The van der Waals surface area contributed by atoms with Crippen molar-refractivity contribution >= 4 is 38.9 Å². The zero-order chi connectivity index (χ0) is 14.8. The Balaban J connectivity index is 2.38. The molecule has 1 saturated heterocycles. The largest absolute Gasteiger partial charge is 0.399 e. The molecule has 0 unspecified atom stereocenters. The number of benzene rings is 1. The summed E-state index contributed by atoms with van der Waals surface area (Å²) < 4.78 is 26.9. The molecule has 0 aromatic heterocycles. The second-order valence-electron chi connectivity index (χ2n) is 4.99. The quantitative estimate of drug-likeness (QED) is 0.840. The number of nitrogens with two attached hydrogens (primary N) is 1. The minimum Gasteiger partial charge on any atom is -0.399 e. The molecule has 2 N–H and O–H groups in total. The number of halogens is 2. The highest BCUT2D eigenvalue weighted by molar-refractivity contribution is 7.89. The molecule has 20 heavy (non-hydrogen) atoms. The number of hydrogen-bond donors (Lipinski definition) is 1. The van der Waals surface area contributed by atoms with E-state index in [-0.39, 0.29) is 14.9 Å². The van der Waals surface area contributed by atoms with Crippen LogP contribution in [0.2, 0.25) is 10.0 Å². The Morgan fingerprint density at radius 3 is 1.90 bits per heavy atom. The number of nitrogens with zero attached hydrogens (tertiary/aromatic N) is 1. The SMILES string of the molecule is Nc1cc(Cl)c(S(=O)(=O)N2CCCCCCC2)c(Cl)c1. The highest BCUT2D eigenvalue weighted by Crippen LogP contribution is 2.34. The van der Waals surface area contributed by atoms with E-state index in [1.165, 1.54) is 16.4 Å². The van der Waals surface area contributed by atoms with E-state index in [1.807, 2.05) is 0 Å². The Morgan fingerprint density at radius 2 is 1.40 bits per heavy atom. The monoisotopic (exact) mass is 336 g/mol. The number of anilines is 1. The molecular weight excluding hydrogens is 319 g/mol. The number of rotatable bonds is 2. The maximum Gasteiger partial charge on any atom is 0.246 e. The fraction of sp³-hybridized carbons (Fsp3) is 0.538. The number of nitrogen functional groups attached to an aromatic ring is 1. The Hall–Kier alpha value is -0.490. The summed E-state index contributed by atoms with van der Waals surface area (Å²) in [5, 5.41) is 0.161. The molecule has 112 valence electrons. The van der Waals surface area contributed by atoms with Crippen molar-refractivity contribution in [2.45, 2.75) is 37.0 Å². The molecule has 0 bridgehead atoms. The second kappa shape index (κ2) is 6.52. The van der Waals surface area contributed by atoms with Crippen molar-refractivity contribution in [2.24, 2.45) is 0 Å². The fourth-order valence-electron chi connectivity index (χ4n) is 2.41. The zero-order valence-electron chi connectivity index (χ0n) is 11.1. The molecule has 0 aliphatic carbocycles. The summed E-state index contributed by atoms with van der Waals surface area (Å²) in [6.07, 6.45) is 4.99. The molecule has 1 aliphatic heterocycles. The van der Waals surface area contributed by atoms with Gasteiger partial charge in [0.2, 0.25) is 10.0 Å². The summed E-state index contributed by atoms with van der Waals surface area (Å²) in [4.78, 5) is -0.0318. The molecule has 1 heterocycles. The van der Waals surface area contributed by atoms with Crippen LogP contribution in [0.3, 0.4) is 0 Å². The van der Waals surface area contributed by atoms with E-state index in [1.54, 1.807) is 0 Å². The van der Waals surface area contributed by atoms with Crippen molar-refractivity contribution in [1.82, 2.24) is 4.31 Å². The minimum absolute atomic E-state index is 0.0318. The van der Waals surface area contributed by atoms with Gasteiger partial charge in [-0.05, 0) is 25.0 Å². The molecule has 1 aromatic rings. The van der Waals surface area contributed by atoms with Crippen LogP contribution in [0.15, 0.2) is 17.0 Å². The lowest BCUT2D eigenvalue weighted by Gasteiger charge is -2.25. The Bertz CT molecular complexity index is 559. The second-order valence-corrected chi connectivity index (χ2v) is 7.67. The lowest BCUT2D eigenvalue weighted by atomic mass is 10.1. The molecule has 2 rings (SSSR count). The van der Waals surface area contributed by atoms with E-state index in [0.717, 1.165) is 32.1 Å². The molecule has 1 aliphatic rings. The van der Waals surface area contributed by atoms with Gasteiger partial charge in [0, 0.05) is 18.8 Å². The van der Waals surface area contributed by atoms with Crippen LogP contribution in [0.25, 0.3) is 0 Å². The molecule has 0 spiro atoms. The van der Waals surface area contributed by atoms with Gasteiger partial charge in [0.1, 0.15) is 4.90 Å². The third-order valence-electron chi connectivity index (χ3n) is 3.43. The van der Waals surface area contributed by atoms with Gasteiger partial charge in [-0.25, -0.2) is 8.42 Å². The molecular formula is C13H18Cl2N2O2S. The van der Waals surface area contributed by atoms with Crippen LogP contribution in [0, 0.1) is 0 Å². The van der Waals surface area contributed by atoms with E-state index >= 15 is 0 Å². The van der Waals surface area contributed by atoms with Gasteiger partial charge in [-0.15, -0.1) is 0 Å². The average Bonchev–Trinajstić information content (AvgIpc) is 2.25. The van der Waals surface area contributed by atoms with E-state index < -0.39 is 10.0 Å². The Morgan fingerprint density at radius 1 is 0.950 bits per heavy atom. The van der Waals surface area contributed by atoms with Crippen molar-refractivity contribution < 1.29 is 8.42 Å². The van der Waals surface area contributed by atoms with Crippen LogP contribution < -0.4 is 5.73 Å². The molecule has 0 atom stereocenters. The van der Waals surface area contributed by atoms with Crippen LogP contribution in [-0.2, 0) is 10.0 Å². The maximum absolute atomic E-state index is 12.7. The minimum atomic E-state index is -3.67. The Labute approximate surface area is 129 Å². The summed E-state index contributed by atoms with van der Waals surface area (Å²) in [6, 6.07) is 2.84. The average molecular weight is 337 g/mol. The number of sulfonamides is 1. The fourth-order valence-corrected chi connectivity index (χ4v) is 5.11. The van der Waals surface area contributed by atoms with Crippen molar-refractivity contribution in [1.29, 1.82) is 0 Å². The topological polar surface area (TPSA) is 63.4 Å². The predicted octanol–water partition coefficient (Wildman–Crippen LogP) is 3.53. The van der Waals surface area contributed by atoms with Gasteiger partial charge < -0.3 is 5.73 Å². The van der Waals surface area contributed by atoms with Gasteiger partial charge in [0.05, 0.1) is 10.0 Å². The molecule has 1 fully saturated rings. The normalized spacial score (nSPS) is 18.5. The van der Waals surface area contributed by atoms with E-state index in [4.69, 9.17) is 28.9 Å². The van der Waals surface area contributed by atoms with Crippen LogP contribution in [0.4, 0.5) is 5.69 Å². The zero-order valence-corrected chi connectivity index (χ0v) is 13.4. The highest BCUT2D eigenvalue weighted by Gasteiger charge is 2.29. The van der Waals surface area contributed by atoms with Gasteiger partial charge in [0.25, 0.3) is 0 Å².